The summed E-state index contributed by atoms with van der Waals surface area (Å²) in [4.78, 5) is 0. The summed E-state index contributed by atoms with van der Waals surface area (Å²) < 4.78 is 14.6. The second kappa shape index (κ2) is 4.00. The zero-order valence-electron chi connectivity index (χ0n) is 7.69. The van der Waals surface area contributed by atoms with Gasteiger partial charge in [0.15, 0.2) is 0 Å². The molecule has 5 heteroatoms. The van der Waals surface area contributed by atoms with Crippen LogP contribution in [0, 0.1) is 5.82 Å². The lowest BCUT2D eigenvalue weighted by atomic mass is 10.3. The number of aliphatic hydroxyl groups is 1. The third-order valence-corrected chi connectivity index (χ3v) is 2.28. The van der Waals surface area contributed by atoms with E-state index in [1.807, 2.05) is 0 Å². The Morgan fingerprint density at radius 3 is 2.80 bits per heavy atom. The molecule has 1 aromatic carbocycles. The average Bonchev–Trinajstić information content (AvgIpc) is 2.70. The SMILES string of the molecule is OCc1ccn(-c2ccc(Cl)c(F)c2)n1. The summed E-state index contributed by atoms with van der Waals surface area (Å²) in [5.41, 5.74) is 1.10. The van der Waals surface area contributed by atoms with Crippen LogP contribution in [0.25, 0.3) is 5.69 Å². The van der Waals surface area contributed by atoms with Gasteiger partial charge in [0.05, 0.1) is 23.0 Å². The minimum Gasteiger partial charge on any atom is -0.390 e. The van der Waals surface area contributed by atoms with Gasteiger partial charge >= 0.3 is 0 Å². The van der Waals surface area contributed by atoms with Crippen LogP contribution in [0.2, 0.25) is 5.02 Å². The molecule has 0 amide bonds. The summed E-state index contributed by atoms with van der Waals surface area (Å²) in [6.45, 7) is -0.136. The Morgan fingerprint density at radius 1 is 1.40 bits per heavy atom. The summed E-state index contributed by atoms with van der Waals surface area (Å²) >= 11 is 5.56. The molecular weight excluding hydrogens is 219 g/mol. The van der Waals surface area contributed by atoms with E-state index in [1.165, 1.54) is 16.8 Å². The van der Waals surface area contributed by atoms with E-state index < -0.39 is 5.82 Å². The predicted molar refractivity (Wildman–Crippen MR) is 54.5 cm³/mol. The van der Waals surface area contributed by atoms with E-state index in [0.717, 1.165) is 0 Å². The summed E-state index contributed by atoms with van der Waals surface area (Å²) in [5.74, 6) is -0.491. The number of benzene rings is 1. The van der Waals surface area contributed by atoms with Crippen LogP contribution >= 0.6 is 11.6 Å². The Kier molecular flexibility index (Phi) is 2.70. The summed E-state index contributed by atoms with van der Waals surface area (Å²) in [6.07, 6.45) is 1.65. The fourth-order valence-corrected chi connectivity index (χ4v) is 1.33. The van der Waals surface area contributed by atoms with Crippen molar-refractivity contribution in [1.29, 1.82) is 0 Å². The van der Waals surface area contributed by atoms with Crippen molar-refractivity contribution in [3.63, 3.8) is 0 Å². The molecule has 0 saturated heterocycles. The molecule has 0 bridgehead atoms. The highest BCUT2D eigenvalue weighted by atomic mass is 35.5. The quantitative estimate of drug-likeness (QED) is 0.852. The molecule has 0 atom stereocenters. The van der Waals surface area contributed by atoms with Gasteiger partial charge in [-0.2, -0.15) is 5.10 Å². The van der Waals surface area contributed by atoms with Crippen molar-refractivity contribution in [2.45, 2.75) is 6.61 Å². The zero-order chi connectivity index (χ0) is 10.8. The highest BCUT2D eigenvalue weighted by Gasteiger charge is 2.04. The number of nitrogens with zero attached hydrogens (tertiary/aromatic N) is 2. The van der Waals surface area contributed by atoms with Gasteiger partial charge in [0.2, 0.25) is 0 Å². The van der Waals surface area contributed by atoms with Gasteiger partial charge in [-0.25, -0.2) is 9.07 Å². The van der Waals surface area contributed by atoms with Gasteiger partial charge in [-0.15, -0.1) is 0 Å². The van der Waals surface area contributed by atoms with Crippen molar-refractivity contribution in [2.75, 3.05) is 0 Å². The van der Waals surface area contributed by atoms with Crippen LogP contribution in [0.4, 0.5) is 4.39 Å². The van der Waals surface area contributed by atoms with E-state index in [2.05, 4.69) is 5.10 Å². The zero-order valence-corrected chi connectivity index (χ0v) is 8.45. The lowest BCUT2D eigenvalue weighted by molar-refractivity contribution is 0.276. The fourth-order valence-electron chi connectivity index (χ4n) is 1.22. The van der Waals surface area contributed by atoms with E-state index in [0.29, 0.717) is 11.4 Å². The first-order valence-electron chi connectivity index (χ1n) is 4.31. The maximum atomic E-state index is 13.1. The standard InChI is InChI=1S/C10H8ClFN2O/c11-9-2-1-8(5-10(9)12)14-4-3-7(6-15)13-14/h1-5,15H,6H2. The first-order chi connectivity index (χ1) is 7.20. The van der Waals surface area contributed by atoms with Crippen molar-refractivity contribution >= 4 is 11.6 Å². The van der Waals surface area contributed by atoms with E-state index in [4.69, 9.17) is 16.7 Å². The summed E-state index contributed by atoms with van der Waals surface area (Å²) in [5, 5.41) is 12.9. The van der Waals surface area contributed by atoms with Crippen molar-refractivity contribution in [2.24, 2.45) is 0 Å². The van der Waals surface area contributed by atoms with Crippen LogP contribution in [0.15, 0.2) is 30.5 Å². The van der Waals surface area contributed by atoms with Gasteiger partial charge in [-0.3, -0.25) is 0 Å². The largest absolute Gasteiger partial charge is 0.390 e. The smallest absolute Gasteiger partial charge is 0.143 e. The minimum atomic E-state index is -0.491. The van der Waals surface area contributed by atoms with Gasteiger partial charge < -0.3 is 5.11 Å². The van der Waals surface area contributed by atoms with Crippen molar-refractivity contribution < 1.29 is 9.50 Å². The van der Waals surface area contributed by atoms with Gasteiger partial charge in [-0.1, -0.05) is 11.6 Å². The molecule has 2 aromatic rings. The molecule has 15 heavy (non-hydrogen) atoms. The lowest BCUT2D eigenvalue weighted by Crippen LogP contribution is -1.96. The monoisotopic (exact) mass is 226 g/mol. The topological polar surface area (TPSA) is 38.0 Å². The molecule has 0 aliphatic rings. The maximum Gasteiger partial charge on any atom is 0.143 e. The number of hydrogen-bond acceptors (Lipinski definition) is 2. The maximum absolute atomic E-state index is 13.1. The van der Waals surface area contributed by atoms with Crippen LogP contribution < -0.4 is 0 Å². The fraction of sp³-hybridized carbons (Fsp3) is 0.100. The van der Waals surface area contributed by atoms with Crippen LogP contribution in [-0.2, 0) is 6.61 Å². The molecule has 0 aliphatic heterocycles. The van der Waals surface area contributed by atoms with Crippen LogP contribution in [0.5, 0.6) is 0 Å². The Bertz CT molecular complexity index is 484. The van der Waals surface area contributed by atoms with E-state index in [1.54, 1.807) is 18.3 Å². The Morgan fingerprint density at radius 2 is 2.20 bits per heavy atom. The first kappa shape index (κ1) is 10.1. The lowest BCUT2D eigenvalue weighted by Gasteiger charge is -2.01. The third kappa shape index (κ3) is 2.00. The molecule has 0 aliphatic carbocycles. The molecule has 1 aromatic heterocycles. The molecule has 0 unspecified atom stereocenters. The van der Waals surface area contributed by atoms with Gasteiger partial charge in [-0.05, 0) is 18.2 Å². The number of halogens is 2. The number of rotatable bonds is 2. The molecule has 0 radical (unpaired) electrons. The predicted octanol–water partition coefficient (Wildman–Crippen LogP) is 2.16. The van der Waals surface area contributed by atoms with Crippen LogP contribution in [-0.4, -0.2) is 14.9 Å². The van der Waals surface area contributed by atoms with E-state index >= 15 is 0 Å². The third-order valence-electron chi connectivity index (χ3n) is 1.97. The highest BCUT2D eigenvalue weighted by molar-refractivity contribution is 6.30. The normalized spacial score (nSPS) is 10.6. The Hall–Kier alpha value is -1.39. The van der Waals surface area contributed by atoms with Crippen molar-refractivity contribution in [1.82, 2.24) is 9.78 Å². The molecule has 3 nitrogen and oxygen atoms in total. The molecular formula is C10H8ClFN2O. The van der Waals surface area contributed by atoms with Crippen molar-refractivity contribution in [3.05, 3.63) is 47.0 Å². The van der Waals surface area contributed by atoms with Gasteiger partial charge in [0, 0.05) is 12.3 Å². The average molecular weight is 227 g/mol. The van der Waals surface area contributed by atoms with E-state index in [9.17, 15) is 4.39 Å². The van der Waals surface area contributed by atoms with E-state index in [-0.39, 0.29) is 11.6 Å². The first-order valence-corrected chi connectivity index (χ1v) is 4.69. The number of aromatic nitrogens is 2. The molecule has 1 heterocycles. The minimum absolute atomic E-state index is 0.0771. The van der Waals surface area contributed by atoms with Crippen LogP contribution in [0.3, 0.4) is 0 Å². The molecule has 2 rings (SSSR count). The Balaban J connectivity index is 2.40. The molecule has 0 saturated carbocycles. The van der Waals surface area contributed by atoms with Crippen LogP contribution in [0.1, 0.15) is 5.69 Å². The van der Waals surface area contributed by atoms with Gasteiger partial charge in [0.25, 0.3) is 0 Å². The number of aliphatic hydroxyl groups excluding tert-OH is 1. The summed E-state index contributed by atoms with van der Waals surface area (Å²) in [7, 11) is 0. The molecule has 1 N–H and O–H groups in total. The second-order valence-corrected chi connectivity index (χ2v) is 3.42. The highest BCUT2D eigenvalue weighted by Crippen LogP contribution is 2.17. The molecule has 78 valence electrons. The summed E-state index contributed by atoms with van der Waals surface area (Å²) in [6, 6.07) is 6.06. The molecule has 0 spiro atoms. The molecule has 0 fully saturated rings. The van der Waals surface area contributed by atoms with Crippen molar-refractivity contribution in [3.8, 4) is 5.69 Å². The number of hydrogen-bond donors (Lipinski definition) is 1. The van der Waals surface area contributed by atoms with Gasteiger partial charge in [0.1, 0.15) is 5.82 Å². The Labute approximate surface area is 90.7 Å². The second-order valence-electron chi connectivity index (χ2n) is 3.01.